The van der Waals surface area contributed by atoms with Crippen molar-refractivity contribution in [2.45, 2.75) is 31.7 Å². The van der Waals surface area contributed by atoms with E-state index in [1.54, 1.807) is 7.11 Å². The number of nitrogens with one attached hydrogen (secondary N) is 2. The highest BCUT2D eigenvalue weighted by molar-refractivity contribution is 5.85. The van der Waals surface area contributed by atoms with Crippen molar-refractivity contribution in [3.05, 3.63) is 30.2 Å². The molecule has 1 aromatic carbocycles. The lowest BCUT2D eigenvalue weighted by molar-refractivity contribution is -0.121. The molecule has 3 rings (SSSR count). The van der Waals surface area contributed by atoms with Crippen molar-refractivity contribution in [3.63, 3.8) is 0 Å². The average Bonchev–Trinajstić information content (AvgIpc) is 3.10. The van der Waals surface area contributed by atoms with Gasteiger partial charge in [0.25, 0.3) is 0 Å². The van der Waals surface area contributed by atoms with Gasteiger partial charge in [-0.15, -0.1) is 12.4 Å². The van der Waals surface area contributed by atoms with E-state index in [1.165, 1.54) is 0 Å². The quantitative estimate of drug-likeness (QED) is 0.812. The van der Waals surface area contributed by atoms with Gasteiger partial charge in [0.1, 0.15) is 5.75 Å². The van der Waals surface area contributed by atoms with Crippen molar-refractivity contribution in [2.24, 2.45) is 0 Å². The molecule has 2 N–H and O–H groups in total. The summed E-state index contributed by atoms with van der Waals surface area (Å²) in [7, 11) is 1.62. The van der Waals surface area contributed by atoms with Gasteiger partial charge in [-0.05, 0) is 43.7 Å². The zero-order chi connectivity index (χ0) is 16.8. The monoisotopic (exact) mass is 366 g/mol. The molecule has 1 fully saturated rings. The predicted octanol–water partition coefficient (Wildman–Crippen LogP) is 1.97. The van der Waals surface area contributed by atoms with Crippen LogP contribution in [-0.4, -0.2) is 42.3 Å². The maximum Gasteiger partial charge on any atom is 0.227 e. The summed E-state index contributed by atoms with van der Waals surface area (Å²) in [4.78, 5) is 16.3. The van der Waals surface area contributed by atoms with Crippen LogP contribution < -0.4 is 15.4 Å². The first-order valence-electron chi connectivity index (χ1n) is 8.21. The summed E-state index contributed by atoms with van der Waals surface area (Å²) in [5.74, 6) is 1.78. The van der Waals surface area contributed by atoms with Crippen molar-refractivity contribution >= 4 is 18.3 Å². The van der Waals surface area contributed by atoms with Crippen LogP contribution in [0.2, 0.25) is 0 Å². The number of aromatic nitrogens is 2. The molecular weight excluding hydrogens is 344 g/mol. The van der Waals surface area contributed by atoms with Crippen LogP contribution in [0.15, 0.2) is 28.8 Å². The lowest BCUT2D eigenvalue weighted by atomic mass is 10.1. The van der Waals surface area contributed by atoms with Crippen LogP contribution in [0.3, 0.4) is 0 Å². The Labute approximate surface area is 152 Å². The van der Waals surface area contributed by atoms with E-state index < -0.39 is 0 Å². The Morgan fingerprint density at radius 1 is 1.40 bits per heavy atom. The van der Waals surface area contributed by atoms with Gasteiger partial charge < -0.3 is 19.9 Å². The molecule has 1 aliphatic rings. The number of hydrogen-bond donors (Lipinski definition) is 2. The number of halogens is 1. The van der Waals surface area contributed by atoms with Gasteiger partial charge in [0, 0.05) is 31.0 Å². The minimum atomic E-state index is 0. The maximum atomic E-state index is 12.0. The summed E-state index contributed by atoms with van der Waals surface area (Å²) < 4.78 is 10.4. The normalized spacial score (nSPS) is 16.8. The van der Waals surface area contributed by atoms with Crippen LogP contribution in [0.25, 0.3) is 11.4 Å². The first kappa shape index (κ1) is 19.2. The molecule has 0 aliphatic carbocycles. The number of carbonyl (C=O) groups is 1. The molecule has 2 heterocycles. The second-order valence-electron chi connectivity index (χ2n) is 5.85. The molecule has 1 unspecified atom stereocenters. The fourth-order valence-electron chi connectivity index (χ4n) is 2.71. The zero-order valence-electron chi connectivity index (χ0n) is 14.2. The second-order valence-corrected chi connectivity index (χ2v) is 5.85. The SMILES string of the molecule is COc1ccc(-c2noc(CCC(=O)NC3CCCNC3)n2)cc1.Cl. The van der Waals surface area contributed by atoms with Crippen LogP contribution >= 0.6 is 12.4 Å². The molecule has 0 bridgehead atoms. The number of hydrogen-bond acceptors (Lipinski definition) is 6. The first-order valence-corrected chi connectivity index (χ1v) is 8.21. The highest BCUT2D eigenvalue weighted by Crippen LogP contribution is 2.20. The van der Waals surface area contributed by atoms with Crippen molar-refractivity contribution < 1.29 is 14.1 Å². The van der Waals surface area contributed by atoms with Crippen molar-refractivity contribution in [3.8, 4) is 17.1 Å². The van der Waals surface area contributed by atoms with E-state index in [0.29, 0.717) is 24.6 Å². The Morgan fingerprint density at radius 2 is 2.20 bits per heavy atom. The number of piperidine rings is 1. The molecule has 1 aromatic heterocycles. The van der Waals surface area contributed by atoms with Gasteiger partial charge in [-0.1, -0.05) is 5.16 Å². The Kier molecular flexibility index (Phi) is 7.21. The molecule has 8 heteroatoms. The third kappa shape index (κ3) is 5.44. The van der Waals surface area contributed by atoms with Crippen LogP contribution in [0.4, 0.5) is 0 Å². The number of nitrogens with zero attached hydrogens (tertiary/aromatic N) is 2. The Hall–Kier alpha value is -2.12. The summed E-state index contributed by atoms with van der Waals surface area (Å²) in [5, 5.41) is 10.3. The summed E-state index contributed by atoms with van der Waals surface area (Å²) >= 11 is 0. The molecule has 136 valence electrons. The van der Waals surface area contributed by atoms with E-state index in [9.17, 15) is 4.79 Å². The number of benzene rings is 1. The van der Waals surface area contributed by atoms with Crippen molar-refractivity contribution in [1.82, 2.24) is 20.8 Å². The van der Waals surface area contributed by atoms with Gasteiger partial charge in [0.05, 0.1) is 7.11 Å². The summed E-state index contributed by atoms with van der Waals surface area (Å²) in [6.45, 7) is 1.87. The number of rotatable bonds is 6. The third-order valence-corrected chi connectivity index (χ3v) is 4.04. The minimum Gasteiger partial charge on any atom is -0.497 e. The standard InChI is InChI=1S/C17H22N4O3.ClH/c1-23-14-6-4-12(5-7-14)17-20-16(24-21-17)9-8-15(22)19-13-3-2-10-18-11-13;/h4-7,13,18H,2-3,8-11H2,1H3,(H,19,22);1H. The molecule has 1 atom stereocenters. The predicted molar refractivity (Wildman–Crippen MR) is 95.9 cm³/mol. The molecule has 2 aromatic rings. The maximum absolute atomic E-state index is 12.0. The van der Waals surface area contributed by atoms with Crippen LogP contribution in [0.5, 0.6) is 5.75 Å². The highest BCUT2D eigenvalue weighted by Gasteiger charge is 2.16. The number of aryl methyl sites for hydroxylation is 1. The summed E-state index contributed by atoms with van der Waals surface area (Å²) in [5.41, 5.74) is 0.850. The lowest BCUT2D eigenvalue weighted by Crippen LogP contribution is -2.45. The van der Waals surface area contributed by atoms with Gasteiger partial charge in [0.15, 0.2) is 0 Å². The highest BCUT2D eigenvalue weighted by atomic mass is 35.5. The minimum absolute atomic E-state index is 0. The number of ether oxygens (including phenoxy) is 1. The van der Waals surface area contributed by atoms with E-state index in [2.05, 4.69) is 20.8 Å². The number of carbonyl (C=O) groups excluding carboxylic acids is 1. The molecule has 1 amide bonds. The fourth-order valence-corrected chi connectivity index (χ4v) is 2.71. The van der Waals surface area contributed by atoms with Gasteiger partial charge in [0.2, 0.25) is 17.6 Å². The summed E-state index contributed by atoms with van der Waals surface area (Å²) in [6, 6.07) is 7.66. The smallest absolute Gasteiger partial charge is 0.227 e. The summed E-state index contributed by atoms with van der Waals surface area (Å²) in [6.07, 6.45) is 2.91. The Morgan fingerprint density at radius 3 is 2.88 bits per heavy atom. The molecule has 0 radical (unpaired) electrons. The van der Waals surface area contributed by atoms with E-state index in [-0.39, 0.29) is 24.4 Å². The van der Waals surface area contributed by atoms with Gasteiger partial charge in [-0.2, -0.15) is 4.98 Å². The first-order chi connectivity index (χ1) is 11.7. The number of methoxy groups -OCH3 is 1. The third-order valence-electron chi connectivity index (χ3n) is 4.04. The largest absolute Gasteiger partial charge is 0.497 e. The van der Waals surface area contributed by atoms with Crippen LogP contribution in [0.1, 0.15) is 25.2 Å². The molecule has 0 saturated carbocycles. The van der Waals surface area contributed by atoms with Gasteiger partial charge in [-0.25, -0.2) is 0 Å². The van der Waals surface area contributed by atoms with Crippen molar-refractivity contribution in [2.75, 3.05) is 20.2 Å². The van der Waals surface area contributed by atoms with E-state index in [4.69, 9.17) is 9.26 Å². The Balaban J connectivity index is 0.00000225. The lowest BCUT2D eigenvalue weighted by Gasteiger charge is -2.23. The molecule has 1 saturated heterocycles. The second kappa shape index (κ2) is 9.39. The van der Waals surface area contributed by atoms with Gasteiger partial charge >= 0.3 is 0 Å². The molecule has 7 nitrogen and oxygen atoms in total. The topological polar surface area (TPSA) is 89.3 Å². The van der Waals surface area contributed by atoms with E-state index >= 15 is 0 Å². The van der Waals surface area contributed by atoms with E-state index in [1.807, 2.05) is 24.3 Å². The average molecular weight is 367 g/mol. The van der Waals surface area contributed by atoms with E-state index in [0.717, 1.165) is 37.2 Å². The Bertz CT molecular complexity index is 669. The molecular formula is C17H23ClN4O3. The van der Waals surface area contributed by atoms with Crippen LogP contribution in [0, 0.1) is 0 Å². The van der Waals surface area contributed by atoms with Gasteiger partial charge in [-0.3, -0.25) is 4.79 Å². The molecule has 1 aliphatic heterocycles. The van der Waals surface area contributed by atoms with Crippen LogP contribution in [-0.2, 0) is 11.2 Å². The number of amides is 1. The molecule has 25 heavy (non-hydrogen) atoms. The fraction of sp³-hybridized carbons (Fsp3) is 0.471. The zero-order valence-corrected chi connectivity index (χ0v) is 15.0. The molecule has 0 spiro atoms. The van der Waals surface area contributed by atoms with Crippen molar-refractivity contribution in [1.29, 1.82) is 0 Å².